The number of aryl methyl sites for hydroxylation is 1. The first-order valence-electron chi connectivity index (χ1n) is 6.70. The summed E-state index contributed by atoms with van der Waals surface area (Å²) in [5.74, 6) is 0.278. The van der Waals surface area contributed by atoms with Crippen LogP contribution in [0.25, 0.3) is 0 Å². The van der Waals surface area contributed by atoms with Crippen molar-refractivity contribution < 1.29 is 4.79 Å². The van der Waals surface area contributed by atoms with Gasteiger partial charge in [-0.25, -0.2) is 0 Å². The Morgan fingerprint density at radius 2 is 1.89 bits per heavy atom. The van der Waals surface area contributed by atoms with Crippen molar-refractivity contribution in [1.82, 2.24) is 0 Å². The number of benzene rings is 1. The summed E-state index contributed by atoms with van der Waals surface area (Å²) in [6, 6.07) is 6.29. The van der Waals surface area contributed by atoms with Crippen LogP contribution < -0.4 is 11.1 Å². The monoisotopic (exact) mass is 246 g/mol. The van der Waals surface area contributed by atoms with Crippen LogP contribution in [0.15, 0.2) is 18.2 Å². The third-order valence-corrected chi connectivity index (χ3v) is 4.01. The van der Waals surface area contributed by atoms with Gasteiger partial charge in [0, 0.05) is 17.6 Å². The molecule has 0 saturated heterocycles. The first kappa shape index (κ1) is 13.1. The van der Waals surface area contributed by atoms with Crippen LogP contribution in [0.4, 0.5) is 5.69 Å². The molecule has 0 atom stereocenters. The van der Waals surface area contributed by atoms with Crippen molar-refractivity contribution in [1.29, 1.82) is 0 Å². The fourth-order valence-electron chi connectivity index (χ4n) is 2.50. The normalized spacial score (nSPS) is 23.7. The molecular formula is C15H22N2O. The van der Waals surface area contributed by atoms with Gasteiger partial charge >= 0.3 is 0 Å². The second-order valence-corrected chi connectivity index (χ2v) is 5.35. The maximum Gasteiger partial charge on any atom is 0.227 e. The van der Waals surface area contributed by atoms with Crippen LogP contribution in [0.2, 0.25) is 0 Å². The Morgan fingerprint density at radius 1 is 1.22 bits per heavy atom. The average molecular weight is 246 g/mol. The molecule has 1 aliphatic rings. The minimum atomic E-state index is 0.129. The van der Waals surface area contributed by atoms with Crippen LogP contribution in [0, 0.1) is 19.8 Å². The first-order valence-corrected chi connectivity index (χ1v) is 6.70. The molecule has 1 aromatic carbocycles. The second-order valence-electron chi connectivity index (χ2n) is 5.35. The molecule has 0 aliphatic heterocycles. The largest absolute Gasteiger partial charge is 0.328 e. The Kier molecular flexibility index (Phi) is 4.02. The van der Waals surface area contributed by atoms with E-state index in [0.29, 0.717) is 0 Å². The molecule has 3 N–H and O–H groups in total. The summed E-state index contributed by atoms with van der Waals surface area (Å²) >= 11 is 0. The predicted molar refractivity (Wildman–Crippen MR) is 74.5 cm³/mol. The topological polar surface area (TPSA) is 55.1 Å². The van der Waals surface area contributed by atoms with E-state index in [-0.39, 0.29) is 17.9 Å². The van der Waals surface area contributed by atoms with Gasteiger partial charge in [-0.3, -0.25) is 4.79 Å². The van der Waals surface area contributed by atoms with Crippen molar-refractivity contribution in [2.75, 3.05) is 5.32 Å². The van der Waals surface area contributed by atoms with Crippen LogP contribution >= 0.6 is 0 Å². The lowest BCUT2D eigenvalue weighted by molar-refractivity contribution is -0.120. The van der Waals surface area contributed by atoms with E-state index in [4.69, 9.17) is 5.73 Å². The molecular weight excluding hydrogens is 224 g/mol. The fraction of sp³-hybridized carbons (Fsp3) is 0.533. The quantitative estimate of drug-likeness (QED) is 0.843. The lowest BCUT2D eigenvalue weighted by atomic mass is 9.86. The molecule has 1 aliphatic carbocycles. The highest BCUT2D eigenvalue weighted by Gasteiger charge is 2.24. The van der Waals surface area contributed by atoms with Gasteiger partial charge in [-0.2, -0.15) is 0 Å². The molecule has 1 aromatic rings. The van der Waals surface area contributed by atoms with Crippen molar-refractivity contribution in [3.63, 3.8) is 0 Å². The number of hydrogen-bond acceptors (Lipinski definition) is 2. The van der Waals surface area contributed by atoms with Crippen LogP contribution in [0.1, 0.15) is 36.8 Å². The van der Waals surface area contributed by atoms with Gasteiger partial charge in [0.15, 0.2) is 0 Å². The Balaban J connectivity index is 2.01. The lowest BCUT2D eigenvalue weighted by Crippen LogP contribution is -2.32. The van der Waals surface area contributed by atoms with E-state index in [1.54, 1.807) is 0 Å². The minimum Gasteiger partial charge on any atom is -0.328 e. The zero-order chi connectivity index (χ0) is 13.1. The van der Waals surface area contributed by atoms with Crippen LogP contribution in [0.3, 0.4) is 0 Å². The number of hydrogen-bond donors (Lipinski definition) is 2. The van der Waals surface area contributed by atoms with E-state index in [9.17, 15) is 4.79 Å². The molecule has 2 rings (SSSR count). The summed E-state index contributed by atoms with van der Waals surface area (Å²) in [6.45, 7) is 4.10. The number of rotatable bonds is 2. The maximum absolute atomic E-state index is 12.2. The van der Waals surface area contributed by atoms with Crippen molar-refractivity contribution in [3.05, 3.63) is 29.3 Å². The maximum atomic E-state index is 12.2. The fourth-order valence-corrected chi connectivity index (χ4v) is 2.50. The summed E-state index contributed by atoms with van der Waals surface area (Å²) in [7, 11) is 0. The minimum absolute atomic E-state index is 0.129. The molecule has 0 heterocycles. The van der Waals surface area contributed by atoms with Gasteiger partial charge in [0.2, 0.25) is 5.91 Å². The molecule has 0 radical (unpaired) electrons. The summed E-state index contributed by atoms with van der Waals surface area (Å²) < 4.78 is 0. The summed E-state index contributed by atoms with van der Waals surface area (Å²) in [4.78, 5) is 12.2. The SMILES string of the molecule is Cc1cccc(NC(=O)C2CCC(N)CC2)c1C. The molecule has 3 heteroatoms. The number of nitrogens with two attached hydrogens (primary N) is 1. The highest BCUT2D eigenvalue weighted by atomic mass is 16.1. The van der Waals surface area contributed by atoms with Crippen LogP contribution in [-0.2, 0) is 4.79 Å². The van der Waals surface area contributed by atoms with Gasteiger partial charge in [0.25, 0.3) is 0 Å². The highest BCUT2D eigenvalue weighted by molar-refractivity contribution is 5.93. The Bertz CT molecular complexity index is 434. The molecule has 0 spiro atoms. The molecule has 0 unspecified atom stereocenters. The van der Waals surface area contributed by atoms with Crippen LogP contribution in [-0.4, -0.2) is 11.9 Å². The van der Waals surface area contributed by atoms with E-state index in [1.165, 1.54) is 5.56 Å². The van der Waals surface area contributed by atoms with Crippen molar-refractivity contribution in [2.24, 2.45) is 11.7 Å². The van der Waals surface area contributed by atoms with Gasteiger partial charge in [-0.05, 0) is 56.7 Å². The van der Waals surface area contributed by atoms with E-state index >= 15 is 0 Å². The zero-order valence-electron chi connectivity index (χ0n) is 11.2. The number of carbonyl (C=O) groups is 1. The molecule has 98 valence electrons. The standard InChI is InChI=1S/C15H22N2O/c1-10-4-3-5-14(11(10)2)17-15(18)12-6-8-13(16)9-7-12/h3-5,12-13H,6-9,16H2,1-2H3,(H,17,18). The van der Waals surface area contributed by atoms with Crippen LogP contribution in [0.5, 0.6) is 0 Å². The van der Waals surface area contributed by atoms with E-state index < -0.39 is 0 Å². The summed E-state index contributed by atoms with van der Waals surface area (Å²) in [5, 5.41) is 3.06. The van der Waals surface area contributed by atoms with Gasteiger partial charge in [0.1, 0.15) is 0 Å². The van der Waals surface area contributed by atoms with E-state index in [1.807, 2.05) is 19.1 Å². The van der Waals surface area contributed by atoms with Crippen molar-refractivity contribution in [3.8, 4) is 0 Å². The highest BCUT2D eigenvalue weighted by Crippen LogP contribution is 2.25. The molecule has 0 aromatic heterocycles. The van der Waals surface area contributed by atoms with Crippen molar-refractivity contribution >= 4 is 11.6 Å². The zero-order valence-corrected chi connectivity index (χ0v) is 11.2. The van der Waals surface area contributed by atoms with Gasteiger partial charge in [0.05, 0.1) is 0 Å². The molecule has 1 amide bonds. The molecule has 1 saturated carbocycles. The predicted octanol–water partition coefficient (Wildman–Crippen LogP) is 2.76. The summed E-state index contributed by atoms with van der Waals surface area (Å²) in [6.07, 6.45) is 3.76. The molecule has 1 fully saturated rings. The van der Waals surface area contributed by atoms with Gasteiger partial charge in [-0.15, -0.1) is 0 Å². The third-order valence-electron chi connectivity index (χ3n) is 4.01. The molecule has 0 bridgehead atoms. The number of carbonyl (C=O) groups excluding carboxylic acids is 1. The van der Waals surface area contributed by atoms with Gasteiger partial charge < -0.3 is 11.1 Å². The Hall–Kier alpha value is -1.35. The van der Waals surface area contributed by atoms with E-state index in [0.717, 1.165) is 36.9 Å². The Labute approximate surface area is 109 Å². The molecule has 18 heavy (non-hydrogen) atoms. The second kappa shape index (κ2) is 5.53. The Morgan fingerprint density at radius 3 is 2.56 bits per heavy atom. The van der Waals surface area contributed by atoms with Gasteiger partial charge in [-0.1, -0.05) is 12.1 Å². The van der Waals surface area contributed by atoms with E-state index in [2.05, 4.69) is 18.3 Å². The lowest BCUT2D eigenvalue weighted by Gasteiger charge is -2.25. The summed E-state index contributed by atoms with van der Waals surface area (Å²) in [5.41, 5.74) is 9.16. The number of nitrogens with one attached hydrogen (secondary N) is 1. The first-order chi connectivity index (χ1) is 8.58. The smallest absolute Gasteiger partial charge is 0.227 e. The molecule has 3 nitrogen and oxygen atoms in total. The van der Waals surface area contributed by atoms with Crippen molar-refractivity contribution in [2.45, 2.75) is 45.6 Å². The number of amides is 1. The third kappa shape index (κ3) is 2.91. The number of anilines is 1. The average Bonchev–Trinajstić information content (AvgIpc) is 2.36.